The Hall–Kier alpha value is -1.26. The van der Waals surface area contributed by atoms with Crippen molar-refractivity contribution in [2.24, 2.45) is 0 Å². The van der Waals surface area contributed by atoms with Crippen LogP contribution in [0.4, 0.5) is 0 Å². The van der Waals surface area contributed by atoms with Gasteiger partial charge in [0.05, 0.1) is 11.2 Å². The van der Waals surface area contributed by atoms with Crippen molar-refractivity contribution in [3.8, 4) is 0 Å². The molecule has 1 saturated heterocycles. The van der Waals surface area contributed by atoms with Crippen LogP contribution in [0.1, 0.15) is 39.0 Å². The number of H-pyrrole nitrogens is 1. The van der Waals surface area contributed by atoms with Crippen molar-refractivity contribution in [3.05, 3.63) is 29.5 Å². The van der Waals surface area contributed by atoms with Gasteiger partial charge in [0.15, 0.2) is 0 Å². The molecule has 4 heteroatoms. The van der Waals surface area contributed by atoms with Gasteiger partial charge in [-0.2, -0.15) is 0 Å². The molecular formula is C16H22BNO2. The number of hydrogen-bond acceptors (Lipinski definition) is 2. The maximum atomic E-state index is 6.17. The lowest BCUT2D eigenvalue weighted by Crippen LogP contribution is -2.41. The van der Waals surface area contributed by atoms with E-state index in [9.17, 15) is 0 Å². The molecule has 0 aliphatic carbocycles. The molecule has 3 rings (SSSR count). The highest BCUT2D eigenvalue weighted by molar-refractivity contribution is 6.65. The Kier molecular flexibility index (Phi) is 2.83. The fourth-order valence-electron chi connectivity index (χ4n) is 2.67. The van der Waals surface area contributed by atoms with E-state index in [1.807, 2.05) is 0 Å². The predicted molar refractivity (Wildman–Crippen MR) is 83.5 cm³/mol. The van der Waals surface area contributed by atoms with Crippen molar-refractivity contribution in [3.63, 3.8) is 0 Å². The Labute approximate surface area is 120 Å². The average molecular weight is 271 g/mol. The van der Waals surface area contributed by atoms with Gasteiger partial charge in [-0.3, -0.25) is 0 Å². The van der Waals surface area contributed by atoms with Crippen LogP contribution in [0, 0.1) is 13.8 Å². The van der Waals surface area contributed by atoms with E-state index < -0.39 is 0 Å². The molecule has 106 valence electrons. The number of fused-ring (bicyclic) bond motifs is 1. The number of aromatic nitrogens is 1. The topological polar surface area (TPSA) is 34.2 Å². The monoisotopic (exact) mass is 271 g/mol. The van der Waals surface area contributed by atoms with Gasteiger partial charge in [-0.05, 0) is 47.1 Å². The number of aryl methyl sites for hydroxylation is 2. The highest BCUT2D eigenvalue weighted by Crippen LogP contribution is 2.37. The second-order valence-corrected chi connectivity index (χ2v) is 6.73. The van der Waals surface area contributed by atoms with Crippen molar-refractivity contribution in [1.82, 2.24) is 4.98 Å². The number of aromatic amines is 1. The summed E-state index contributed by atoms with van der Waals surface area (Å²) in [5.41, 5.74) is 4.08. The summed E-state index contributed by atoms with van der Waals surface area (Å²) in [6, 6.07) is 6.30. The van der Waals surface area contributed by atoms with E-state index in [2.05, 4.69) is 64.7 Å². The van der Waals surface area contributed by atoms with Crippen LogP contribution in [0.3, 0.4) is 0 Å². The van der Waals surface area contributed by atoms with Gasteiger partial charge >= 0.3 is 7.12 Å². The van der Waals surface area contributed by atoms with E-state index in [0.29, 0.717) is 0 Å². The predicted octanol–water partition coefficient (Wildman–Crippen LogP) is 3.08. The van der Waals surface area contributed by atoms with Crippen molar-refractivity contribution in [2.75, 3.05) is 0 Å². The molecule has 1 aliphatic heterocycles. The molecule has 1 aromatic carbocycles. The van der Waals surface area contributed by atoms with E-state index in [1.54, 1.807) is 0 Å². The molecule has 0 unspecified atom stereocenters. The number of rotatable bonds is 1. The normalized spacial score (nSPS) is 20.8. The van der Waals surface area contributed by atoms with Gasteiger partial charge in [0.2, 0.25) is 0 Å². The molecule has 1 aromatic heterocycles. The van der Waals surface area contributed by atoms with E-state index >= 15 is 0 Å². The van der Waals surface area contributed by atoms with Crippen LogP contribution < -0.4 is 5.46 Å². The SMILES string of the molecule is Cc1[nH]c2c(B3OC(C)(C)C(C)(C)O3)cccc2c1C. The molecule has 0 saturated carbocycles. The quantitative estimate of drug-likeness (QED) is 0.809. The highest BCUT2D eigenvalue weighted by atomic mass is 16.7. The molecule has 0 bridgehead atoms. The molecule has 1 N–H and O–H groups in total. The number of hydrogen-bond donors (Lipinski definition) is 1. The summed E-state index contributed by atoms with van der Waals surface area (Å²) in [5, 5.41) is 1.25. The lowest BCUT2D eigenvalue weighted by molar-refractivity contribution is 0.00578. The Balaban J connectivity index is 2.11. The van der Waals surface area contributed by atoms with Crippen molar-refractivity contribution < 1.29 is 9.31 Å². The molecule has 2 aromatic rings. The van der Waals surface area contributed by atoms with Crippen molar-refractivity contribution in [2.45, 2.75) is 52.7 Å². The molecule has 0 spiro atoms. The molecule has 1 aliphatic rings. The summed E-state index contributed by atoms with van der Waals surface area (Å²) in [6.45, 7) is 12.6. The third-order valence-electron chi connectivity index (χ3n) is 4.88. The molecule has 1 fully saturated rings. The molecule has 20 heavy (non-hydrogen) atoms. The van der Waals surface area contributed by atoms with E-state index in [4.69, 9.17) is 9.31 Å². The van der Waals surface area contributed by atoms with E-state index in [1.165, 1.54) is 16.6 Å². The van der Waals surface area contributed by atoms with Gasteiger partial charge in [0.1, 0.15) is 0 Å². The minimum atomic E-state index is -0.318. The lowest BCUT2D eigenvalue weighted by Gasteiger charge is -2.32. The van der Waals surface area contributed by atoms with Crippen LogP contribution in [0.5, 0.6) is 0 Å². The first-order chi connectivity index (χ1) is 9.23. The van der Waals surface area contributed by atoms with Crippen molar-refractivity contribution >= 4 is 23.5 Å². The first-order valence-corrected chi connectivity index (χ1v) is 7.16. The summed E-state index contributed by atoms with van der Waals surface area (Å²) < 4.78 is 12.3. The largest absolute Gasteiger partial charge is 0.497 e. The lowest BCUT2D eigenvalue weighted by atomic mass is 9.78. The first-order valence-electron chi connectivity index (χ1n) is 7.16. The fourth-order valence-corrected chi connectivity index (χ4v) is 2.67. The minimum absolute atomic E-state index is 0.309. The zero-order valence-electron chi connectivity index (χ0n) is 13.1. The average Bonchev–Trinajstić information content (AvgIpc) is 2.74. The van der Waals surface area contributed by atoms with E-state index in [0.717, 1.165) is 11.0 Å². The summed E-state index contributed by atoms with van der Waals surface area (Å²) in [7, 11) is -0.318. The van der Waals surface area contributed by atoms with Crippen LogP contribution in [0.25, 0.3) is 10.9 Å². The van der Waals surface area contributed by atoms with Gasteiger partial charge in [-0.1, -0.05) is 18.2 Å². The second kappa shape index (κ2) is 4.12. The van der Waals surface area contributed by atoms with Gasteiger partial charge in [0.25, 0.3) is 0 Å². The van der Waals surface area contributed by atoms with Crippen LogP contribution in [0.15, 0.2) is 18.2 Å². The van der Waals surface area contributed by atoms with Crippen LogP contribution >= 0.6 is 0 Å². The van der Waals surface area contributed by atoms with E-state index in [-0.39, 0.29) is 18.3 Å². The summed E-state index contributed by atoms with van der Waals surface area (Å²) in [6.07, 6.45) is 0. The highest BCUT2D eigenvalue weighted by Gasteiger charge is 2.52. The fraction of sp³-hybridized carbons (Fsp3) is 0.500. The second-order valence-electron chi connectivity index (χ2n) is 6.73. The van der Waals surface area contributed by atoms with Gasteiger partial charge in [0, 0.05) is 22.1 Å². The smallest absolute Gasteiger partial charge is 0.399 e. The Morgan fingerprint density at radius 2 is 1.60 bits per heavy atom. The zero-order chi connectivity index (χ0) is 14.7. The molecular weight excluding hydrogens is 249 g/mol. The molecule has 0 amide bonds. The summed E-state index contributed by atoms with van der Waals surface area (Å²) >= 11 is 0. The molecule has 0 atom stereocenters. The number of benzene rings is 1. The third kappa shape index (κ3) is 1.82. The maximum Gasteiger partial charge on any atom is 0.497 e. The van der Waals surface area contributed by atoms with Gasteiger partial charge in [-0.25, -0.2) is 0 Å². The van der Waals surface area contributed by atoms with Crippen LogP contribution in [-0.4, -0.2) is 23.3 Å². The Morgan fingerprint density at radius 1 is 1.00 bits per heavy atom. The summed E-state index contributed by atoms with van der Waals surface area (Å²) in [5.74, 6) is 0. The van der Waals surface area contributed by atoms with Crippen molar-refractivity contribution in [1.29, 1.82) is 0 Å². The van der Waals surface area contributed by atoms with Gasteiger partial charge < -0.3 is 14.3 Å². The first kappa shape index (κ1) is 13.7. The van der Waals surface area contributed by atoms with Gasteiger partial charge in [-0.15, -0.1) is 0 Å². The minimum Gasteiger partial charge on any atom is -0.399 e. The summed E-state index contributed by atoms with van der Waals surface area (Å²) in [4.78, 5) is 3.47. The Bertz CT molecular complexity index is 656. The van der Waals surface area contributed by atoms with Crippen LogP contribution in [-0.2, 0) is 9.31 Å². The molecule has 3 nitrogen and oxygen atoms in total. The maximum absolute atomic E-state index is 6.17. The van der Waals surface area contributed by atoms with Crippen LogP contribution in [0.2, 0.25) is 0 Å². The number of para-hydroxylation sites is 1. The molecule has 2 heterocycles. The Morgan fingerprint density at radius 3 is 2.20 bits per heavy atom. The molecule has 0 radical (unpaired) electrons. The zero-order valence-corrected chi connectivity index (χ0v) is 13.1. The number of nitrogens with one attached hydrogen (secondary N) is 1. The third-order valence-corrected chi connectivity index (χ3v) is 4.88. The standard InChI is InChI=1S/C16H22BNO2/c1-10-11(2)18-14-12(10)8-7-9-13(14)17-19-15(3,4)16(5,6)20-17/h7-9,18H,1-6H3.